The van der Waals surface area contributed by atoms with Crippen molar-refractivity contribution in [2.45, 2.75) is 38.2 Å². The van der Waals surface area contributed by atoms with Crippen LogP contribution < -0.4 is 4.74 Å². The molecule has 0 bridgehead atoms. The van der Waals surface area contributed by atoms with Crippen LogP contribution in [-0.2, 0) is 5.60 Å². The van der Waals surface area contributed by atoms with Crippen molar-refractivity contribution in [3.8, 4) is 5.75 Å². The molecule has 1 saturated heterocycles. The number of likely N-dealkylation sites (tertiary alicyclic amines) is 1. The number of ether oxygens (including phenoxy) is 1. The van der Waals surface area contributed by atoms with Crippen LogP contribution in [0, 0.1) is 0 Å². The lowest BCUT2D eigenvalue weighted by atomic mass is 9.87. The second kappa shape index (κ2) is 6.79. The zero-order chi connectivity index (χ0) is 14.6. The number of hydrogen-bond acceptors (Lipinski definition) is 3. The summed E-state index contributed by atoms with van der Waals surface area (Å²) in [6.45, 7) is 5.32. The van der Waals surface area contributed by atoms with E-state index in [0.717, 1.165) is 50.9 Å². The summed E-state index contributed by atoms with van der Waals surface area (Å²) >= 11 is 6.06. The van der Waals surface area contributed by atoms with Crippen LogP contribution in [0.5, 0.6) is 5.75 Å². The van der Waals surface area contributed by atoms with E-state index in [9.17, 15) is 5.11 Å². The second-order valence-corrected chi connectivity index (χ2v) is 5.98. The van der Waals surface area contributed by atoms with Crippen LogP contribution in [0.15, 0.2) is 18.2 Å². The van der Waals surface area contributed by atoms with Crippen molar-refractivity contribution >= 4 is 11.6 Å². The van der Waals surface area contributed by atoms with Gasteiger partial charge in [-0.05, 0) is 56.5 Å². The van der Waals surface area contributed by atoms with Crippen LogP contribution >= 0.6 is 11.6 Å². The minimum Gasteiger partial charge on any atom is -0.495 e. The lowest BCUT2D eigenvalue weighted by Crippen LogP contribution is -2.29. The van der Waals surface area contributed by atoms with E-state index < -0.39 is 5.60 Å². The van der Waals surface area contributed by atoms with Crippen LogP contribution in [0.3, 0.4) is 0 Å². The third-order valence-corrected chi connectivity index (χ3v) is 4.45. The molecule has 0 amide bonds. The topological polar surface area (TPSA) is 32.7 Å². The first kappa shape index (κ1) is 15.6. The minimum absolute atomic E-state index is 0.584. The molecule has 0 saturated carbocycles. The molecular weight excluding hydrogens is 274 g/mol. The first-order valence-corrected chi connectivity index (χ1v) is 7.75. The number of hydrogen-bond donors (Lipinski definition) is 1. The Hall–Kier alpha value is -0.770. The standard InChI is InChI=1S/C16H24ClNO2/c1-3-9-18-10-4-7-16(19,8-11-18)13-5-6-14(17)15(12-13)20-2/h5-6,12,19H,3-4,7-11H2,1-2H3. The molecule has 0 aliphatic carbocycles. The molecule has 1 unspecified atom stereocenters. The molecule has 1 aliphatic rings. The molecule has 1 heterocycles. The van der Waals surface area contributed by atoms with Crippen molar-refractivity contribution in [3.63, 3.8) is 0 Å². The van der Waals surface area contributed by atoms with Crippen LogP contribution in [-0.4, -0.2) is 36.8 Å². The van der Waals surface area contributed by atoms with Crippen LogP contribution in [0.2, 0.25) is 5.02 Å². The number of halogens is 1. The van der Waals surface area contributed by atoms with Crippen molar-refractivity contribution in [2.75, 3.05) is 26.7 Å². The fourth-order valence-electron chi connectivity index (χ4n) is 2.95. The smallest absolute Gasteiger partial charge is 0.137 e. The van der Waals surface area contributed by atoms with Crippen LogP contribution in [0.4, 0.5) is 0 Å². The largest absolute Gasteiger partial charge is 0.495 e. The number of aliphatic hydroxyl groups is 1. The highest BCUT2D eigenvalue weighted by Crippen LogP contribution is 2.36. The predicted molar refractivity (Wildman–Crippen MR) is 82.5 cm³/mol. The Bertz CT molecular complexity index is 452. The first-order valence-electron chi connectivity index (χ1n) is 7.38. The van der Waals surface area contributed by atoms with E-state index in [1.54, 1.807) is 7.11 Å². The summed E-state index contributed by atoms with van der Waals surface area (Å²) in [6, 6.07) is 5.60. The average Bonchev–Trinajstić information content (AvgIpc) is 2.63. The average molecular weight is 298 g/mol. The third kappa shape index (κ3) is 3.46. The van der Waals surface area contributed by atoms with Gasteiger partial charge in [-0.15, -0.1) is 0 Å². The predicted octanol–water partition coefficient (Wildman–Crippen LogP) is 3.43. The molecule has 1 aromatic carbocycles. The van der Waals surface area contributed by atoms with Crippen molar-refractivity contribution in [1.82, 2.24) is 4.90 Å². The summed E-state index contributed by atoms with van der Waals surface area (Å²) < 4.78 is 5.26. The maximum absolute atomic E-state index is 11.0. The van der Waals surface area contributed by atoms with Gasteiger partial charge in [0.05, 0.1) is 17.7 Å². The fourth-order valence-corrected chi connectivity index (χ4v) is 3.15. The Morgan fingerprint density at radius 3 is 2.85 bits per heavy atom. The van der Waals surface area contributed by atoms with Gasteiger partial charge in [-0.3, -0.25) is 0 Å². The van der Waals surface area contributed by atoms with Gasteiger partial charge in [0, 0.05) is 6.54 Å². The van der Waals surface area contributed by atoms with E-state index in [2.05, 4.69) is 11.8 Å². The SMILES string of the molecule is CCCN1CCCC(O)(c2ccc(Cl)c(OC)c2)CC1. The minimum atomic E-state index is -0.764. The second-order valence-electron chi connectivity index (χ2n) is 5.58. The molecule has 4 heteroatoms. The van der Waals surface area contributed by atoms with Gasteiger partial charge in [0.2, 0.25) is 0 Å². The van der Waals surface area contributed by atoms with E-state index >= 15 is 0 Å². The lowest BCUT2D eigenvalue weighted by Gasteiger charge is -2.28. The van der Waals surface area contributed by atoms with E-state index in [0.29, 0.717) is 10.8 Å². The molecule has 112 valence electrons. The monoisotopic (exact) mass is 297 g/mol. The van der Waals surface area contributed by atoms with Crippen molar-refractivity contribution < 1.29 is 9.84 Å². The Balaban J connectivity index is 2.17. The van der Waals surface area contributed by atoms with E-state index in [1.165, 1.54) is 0 Å². The lowest BCUT2D eigenvalue weighted by molar-refractivity contribution is 0.0210. The van der Waals surface area contributed by atoms with Gasteiger partial charge in [-0.25, -0.2) is 0 Å². The summed E-state index contributed by atoms with van der Waals surface area (Å²) in [5.74, 6) is 0.632. The van der Waals surface area contributed by atoms with Crippen molar-refractivity contribution in [1.29, 1.82) is 0 Å². The highest BCUT2D eigenvalue weighted by atomic mass is 35.5. The molecular formula is C16H24ClNO2. The summed E-state index contributed by atoms with van der Waals surface area (Å²) in [5.41, 5.74) is 0.150. The number of rotatable bonds is 4. The van der Waals surface area contributed by atoms with Gasteiger partial charge in [-0.2, -0.15) is 0 Å². The maximum Gasteiger partial charge on any atom is 0.137 e. The van der Waals surface area contributed by atoms with Crippen LogP contribution in [0.1, 0.15) is 38.2 Å². The van der Waals surface area contributed by atoms with Gasteiger partial charge in [0.1, 0.15) is 5.75 Å². The normalized spacial score (nSPS) is 24.4. The molecule has 0 aromatic heterocycles. The summed E-state index contributed by atoms with van der Waals surface area (Å²) in [6.07, 6.45) is 3.73. The molecule has 0 radical (unpaired) electrons. The van der Waals surface area contributed by atoms with Crippen molar-refractivity contribution in [2.24, 2.45) is 0 Å². The number of benzene rings is 1. The van der Waals surface area contributed by atoms with E-state index in [-0.39, 0.29) is 0 Å². The summed E-state index contributed by atoms with van der Waals surface area (Å²) in [7, 11) is 1.60. The van der Waals surface area contributed by atoms with E-state index in [1.807, 2.05) is 18.2 Å². The maximum atomic E-state index is 11.0. The van der Waals surface area contributed by atoms with Crippen molar-refractivity contribution in [3.05, 3.63) is 28.8 Å². The molecule has 1 aromatic rings. The summed E-state index contributed by atoms with van der Waals surface area (Å²) in [4.78, 5) is 2.44. The highest BCUT2D eigenvalue weighted by molar-refractivity contribution is 6.32. The van der Waals surface area contributed by atoms with Gasteiger partial charge in [0.15, 0.2) is 0 Å². The Morgan fingerprint density at radius 2 is 2.15 bits per heavy atom. The van der Waals surface area contributed by atoms with E-state index in [4.69, 9.17) is 16.3 Å². The Labute approximate surface area is 126 Å². The van der Waals surface area contributed by atoms with Gasteiger partial charge in [0.25, 0.3) is 0 Å². The number of methoxy groups -OCH3 is 1. The summed E-state index contributed by atoms with van der Waals surface area (Å²) in [5, 5.41) is 11.6. The van der Waals surface area contributed by atoms with Crippen LogP contribution in [0.25, 0.3) is 0 Å². The fraction of sp³-hybridized carbons (Fsp3) is 0.625. The highest BCUT2D eigenvalue weighted by Gasteiger charge is 2.32. The molecule has 1 aliphatic heterocycles. The Morgan fingerprint density at radius 1 is 1.35 bits per heavy atom. The van der Waals surface area contributed by atoms with Gasteiger partial charge >= 0.3 is 0 Å². The van der Waals surface area contributed by atoms with Gasteiger partial charge < -0.3 is 14.7 Å². The zero-order valence-corrected chi connectivity index (χ0v) is 13.1. The molecule has 2 rings (SSSR count). The molecule has 1 N–H and O–H groups in total. The first-order chi connectivity index (χ1) is 9.59. The molecule has 1 fully saturated rings. The number of nitrogens with zero attached hydrogens (tertiary/aromatic N) is 1. The molecule has 0 spiro atoms. The molecule has 3 nitrogen and oxygen atoms in total. The Kier molecular flexibility index (Phi) is 5.30. The molecule has 20 heavy (non-hydrogen) atoms. The quantitative estimate of drug-likeness (QED) is 0.924. The van der Waals surface area contributed by atoms with Gasteiger partial charge in [-0.1, -0.05) is 24.6 Å². The third-order valence-electron chi connectivity index (χ3n) is 4.13. The molecule has 1 atom stereocenters. The zero-order valence-electron chi connectivity index (χ0n) is 12.4.